The zero-order valence-corrected chi connectivity index (χ0v) is 19.2. The number of hydrogen-bond acceptors (Lipinski definition) is 8. The highest BCUT2D eigenvalue weighted by Gasteiger charge is 2.31. The number of hydrogen-bond donors (Lipinski definition) is 2. The number of rotatable bonds is 11. The monoisotopic (exact) mass is 460 g/mol. The molecule has 2 aromatic rings. The van der Waals surface area contributed by atoms with E-state index in [1.807, 2.05) is 0 Å². The van der Waals surface area contributed by atoms with Crippen LogP contribution < -0.4 is 14.2 Å². The predicted molar refractivity (Wildman–Crippen MR) is 123 cm³/mol. The molecule has 33 heavy (non-hydrogen) atoms. The second-order valence-electron chi connectivity index (χ2n) is 8.10. The highest BCUT2D eigenvalue weighted by molar-refractivity contribution is 5.65. The van der Waals surface area contributed by atoms with Crippen LogP contribution in [0.25, 0.3) is 0 Å². The number of nitro benzene ring substituents is 1. The molecule has 2 aromatic carbocycles. The van der Waals surface area contributed by atoms with Crippen molar-refractivity contribution in [3.05, 3.63) is 51.6 Å². The molecule has 9 heteroatoms. The minimum Gasteiger partial charge on any atom is -0.508 e. The van der Waals surface area contributed by atoms with Crippen LogP contribution in [0.3, 0.4) is 0 Å². The molecule has 0 aliphatic carbocycles. The highest BCUT2D eigenvalue weighted by Crippen LogP contribution is 2.48. The molecule has 2 N–H and O–H groups in total. The topological polar surface area (TPSA) is 115 Å². The third-order valence-electron chi connectivity index (χ3n) is 5.91. The van der Waals surface area contributed by atoms with E-state index in [0.29, 0.717) is 19.6 Å². The summed E-state index contributed by atoms with van der Waals surface area (Å²) in [7, 11) is 2.75. The average molecular weight is 461 g/mol. The van der Waals surface area contributed by atoms with Crippen LogP contribution in [0.1, 0.15) is 42.9 Å². The quantitative estimate of drug-likeness (QED) is 0.384. The molecule has 1 saturated heterocycles. The molecule has 1 fully saturated rings. The zero-order valence-electron chi connectivity index (χ0n) is 19.2. The van der Waals surface area contributed by atoms with Crippen LogP contribution >= 0.6 is 0 Å². The number of nitrogens with zero attached hydrogens (tertiary/aromatic N) is 2. The van der Waals surface area contributed by atoms with Crippen molar-refractivity contribution in [2.45, 2.75) is 38.2 Å². The Morgan fingerprint density at radius 2 is 1.79 bits per heavy atom. The van der Waals surface area contributed by atoms with Crippen molar-refractivity contribution in [2.75, 3.05) is 40.5 Å². The Labute approximate surface area is 193 Å². The van der Waals surface area contributed by atoms with Crippen molar-refractivity contribution in [3.63, 3.8) is 0 Å². The number of aliphatic hydroxyl groups excluding tert-OH is 1. The first-order valence-electron chi connectivity index (χ1n) is 11.2. The molecule has 0 spiro atoms. The molecule has 1 heterocycles. The maximum absolute atomic E-state index is 11.7. The lowest BCUT2D eigenvalue weighted by molar-refractivity contribution is -0.385. The van der Waals surface area contributed by atoms with E-state index in [1.165, 1.54) is 26.7 Å². The van der Waals surface area contributed by atoms with Gasteiger partial charge in [-0.2, -0.15) is 0 Å². The minimum absolute atomic E-state index is 0.0352. The number of aliphatic hydroxyl groups is 1. The number of piperidine rings is 1. The SMILES string of the molecule is COc1cc([N+](=O)[O-])c(OC)c(C(O)CCc2ccc(O)cc2)c1OCCN1CCCCC1. The number of methoxy groups -OCH3 is 2. The number of benzene rings is 2. The first kappa shape index (κ1) is 24.6. The molecule has 9 nitrogen and oxygen atoms in total. The van der Waals surface area contributed by atoms with Crippen LogP contribution in [0.15, 0.2) is 30.3 Å². The first-order valence-corrected chi connectivity index (χ1v) is 11.2. The molecule has 1 unspecified atom stereocenters. The van der Waals surface area contributed by atoms with Crippen LogP contribution in [0, 0.1) is 10.1 Å². The molecule has 0 bridgehead atoms. The van der Waals surface area contributed by atoms with E-state index < -0.39 is 11.0 Å². The fraction of sp³-hybridized carbons (Fsp3) is 0.500. The molecular weight excluding hydrogens is 428 g/mol. The molecule has 3 rings (SSSR count). The molecule has 0 radical (unpaired) electrons. The summed E-state index contributed by atoms with van der Waals surface area (Å²) >= 11 is 0. The Kier molecular flexibility index (Phi) is 8.73. The normalized spacial score (nSPS) is 15.1. The highest BCUT2D eigenvalue weighted by atomic mass is 16.6. The number of likely N-dealkylation sites (tertiary alicyclic amines) is 1. The Bertz CT molecular complexity index is 927. The second kappa shape index (κ2) is 11.7. The smallest absolute Gasteiger partial charge is 0.315 e. The van der Waals surface area contributed by atoms with Gasteiger partial charge in [-0.25, -0.2) is 0 Å². The van der Waals surface area contributed by atoms with E-state index in [-0.39, 0.29) is 40.7 Å². The molecule has 0 amide bonds. The first-order chi connectivity index (χ1) is 15.9. The van der Waals surface area contributed by atoms with Crippen LogP contribution in [0.4, 0.5) is 5.69 Å². The van der Waals surface area contributed by atoms with Gasteiger partial charge < -0.3 is 24.4 Å². The largest absolute Gasteiger partial charge is 0.508 e. The van der Waals surface area contributed by atoms with Gasteiger partial charge in [0.15, 0.2) is 11.5 Å². The van der Waals surface area contributed by atoms with Crippen LogP contribution in [0.2, 0.25) is 0 Å². The van der Waals surface area contributed by atoms with Gasteiger partial charge in [-0.3, -0.25) is 15.0 Å². The third-order valence-corrected chi connectivity index (χ3v) is 5.91. The molecule has 0 saturated carbocycles. The van der Waals surface area contributed by atoms with E-state index in [4.69, 9.17) is 14.2 Å². The minimum atomic E-state index is -1.09. The molecule has 1 aliphatic heterocycles. The van der Waals surface area contributed by atoms with Gasteiger partial charge in [0, 0.05) is 6.54 Å². The summed E-state index contributed by atoms with van der Waals surface area (Å²) in [6.45, 7) is 3.11. The number of aromatic hydroxyl groups is 1. The maximum Gasteiger partial charge on any atom is 0.315 e. The maximum atomic E-state index is 11.7. The van der Waals surface area contributed by atoms with E-state index >= 15 is 0 Å². The molecule has 1 aliphatic rings. The summed E-state index contributed by atoms with van der Waals surface area (Å²) in [5, 5.41) is 32.3. The van der Waals surface area contributed by atoms with Crippen molar-refractivity contribution in [1.82, 2.24) is 4.90 Å². The zero-order chi connectivity index (χ0) is 23.8. The summed E-state index contributed by atoms with van der Waals surface area (Å²) in [5.41, 5.74) is 0.827. The van der Waals surface area contributed by atoms with Gasteiger partial charge in [0.1, 0.15) is 12.4 Å². The van der Waals surface area contributed by atoms with Gasteiger partial charge in [-0.15, -0.1) is 0 Å². The summed E-state index contributed by atoms with van der Waals surface area (Å²) in [4.78, 5) is 13.4. The van der Waals surface area contributed by atoms with Gasteiger partial charge in [0.25, 0.3) is 0 Å². The fourth-order valence-corrected chi connectivity index (χ4v) is 4.15. The average Bonchev–Trinajstić information content (AvgIpc) is 2.83. The molecular formula is C24H32N2O7. The van der Waals surface area contributed by atoms with Crippen LogP contribution in [-0.2, 0) is 6.42 Å². The number of nitro groups is 1. The Hall–Kier alpha value is -3.04. The van der Waals surface area contributed by atoms with Gasteiger partial charge in [0.2, 0.25) is 5.75 Å². The number of ether oxygens (including phenoxy) is 3. The lowest BCUT2D eigenvalue weighted by Crippen LogP contribution is -2.33. The predicted octanol–water partition coefficient (Wildman–Crippen LogP) is 3.85. The number of aryl methyl sites for hydroxylation is 1. The standard InChI is InChI=1S/C24H32N2O7/c1-31-21-16-19(26(29)30)23(32-2)22(20(28)11-8-17-6-9-18(27)10-7-17)24(21)33-15-14-25-12-4-3-5-13-25/h6-7,9-10,16,20,27-28H,3-5,8,11-15H2,1-2H3. The lowest BCUT2D eigenvalue weighted by Gasteiger charge is -2.27. The van der Waals surface area contributed by atoms with Crippen molar-refractivity contribution in [3.8, 4) is 23.0 Å². The van der Waals surface area contributed by atoms with Gasteiger partial charge in [-0.05, 0) is 56.5 Å². The van der Waals surface area contributed by atoms with Gasteiger partial charge >= 0.3 is 5.69 Å². The van der Waals surface area contributed by atoms with Gasteiger partial charge in [0.05, 0.1) is 36.9 Å². The van der Waals surface area contributed by atoms with Crippen molar-refractivity contribution in [1.29, 1.82) is 0 Å². The van der Waals surface area contributed by atoms with E-state index in [9.17, 15) is 20.3 Å². The molecule has 180 valence electrons. The van der Waals surface area contributed by atoms with Crippen LogP contribution in [-0.4, -0.2) is 60.5 Å². The Morgan fingerprint density at radius 3 is 2.39 bits per heavy atom. The number of phenolic OH excluding ortho intramolecular Hbond substituents is 1. The van der Waals surface area contributed by atoms with E-state index in [0.717, 1.165) is 31.5 Å². The Morgan fingerprint density at radius 1 is 1.09 bits per heavy atom. The van der Waals surface area contributed by atoms with Crippen LogP contribution in [0.5, 0.6) is 23.0 Å². The van der Waals surface area contributed by atoms with Crippen molar-refractivity contribution >= 4 is 5.69 Å². The molecule has 1 atom stereocenters. The third kappa shape index (κ3) is 6.27. The number of phenols is 1. The summed E-state index contributed by atoms with van der Waals surface area (Å²) in [6, 6.07) is 7.96. The second-order valence-corrected chi connectivity index (χ2v) is 8.10. The summed E-state index contributed by atoms with van der Waals surface area (Å²) < 4.78 is 16.9. The molecule has 0 aromatic heterocycles. The fourth-order valence-electron chi connectivity index (χ4n) is 4.15. The van der Waals surface area contributed by atoms with Crippen molar-refractivity contribution < 1.29 is 29.3 Å². The van der Waals surface area contributed by atoms with E-state index in [2.05, 4.69) is 4.90 Å². The summed E-state index contributed by atoms with van der Waals surface area (Å²) in [5.74, 6) is 0.566. The lowest BCUT2D eigenvalue weighted by atomic mass is 9.98. The summed E-state index contributed by atoms with van der Waals surface area (Å²) in [6.07, 6.45) is 3.23. The van der Waals surface area contributed by atoms with Crippen molar-refractivity contribution in [2.24, 2.45) is 0 Å². The Balaban J connectivity index is 1.88. The van der Waals surface area contributed by atoms with E-state index in [1.54, 1.807) is 24.3 Å². The van der Waals surface area contributed by atoms with Gasteiger partial charge in [-0.1, -0.05) is 18.6 Å².